The van der Waals surface area contributed by atoms with Gasteiger partial charge in [0.2, 0.25) is 5.91 Å². The number of nitrogens with one attached hydrogen (secondary N) is 1. The van der Waals surface area contributed by atoms with Crippen LogP contribution < -0.4 is 10.1 Å². The van der Waals surface area contributed by atoms with E-state index in [1.54, 1.807) is 35.1 Å². The van der Waals surface area contributed by atoms with Crippen molar-refractivity contribution in [2.75, 3.05) is 12.4 Å². The van der Waals surface area contributed by atoms with Crippen LogP contribution in [0.4, 0.5) is 5.82 Å². The van der Waals surface area contributed by atoms with Gasteiger partial charge in [-0.25, -0.2) is 4.68 Å². The van der Waals surface area contributed by atoms with Gasteiger partial charge in [0.1, 0.15) is 11.6 Å². The third-order valence-electron chi connectivity index (χ3n) is 4.27. The standard InChI is InChI=1S/C21H20ClN3O3/c1-14(26)16-5-8-19(28-2)17(11-16)12-21(27)24-20-9-10-23-25(20)13-15-3-6-18(22)7-4-15/h3-11H,12-13H2,1-2H3,(H,24,27). The molecule has 0 radical (unpaired) electrons. The molecule has 0 aliphatic heterocycles. The second kappa shape index (κ2) is 8.71. The molecule has 1 amide bonds. The van der Waals surface area contributed by atoms with E-state index in [2.05, 4.69) is 10.4 Å². The zero-order valence-electron chi connectivity index (χ0n) is 15.6. The fourth-order valence-electron chi connectivity index (χ4n) is 2.82. The van der Waals surface area contributed by atoms with Crippen LogP contribution in [0.3, 0.4) is 0 Å². The minimum absolute atomic E-state index is 0.0645. The highest BCUT2D eigenvalue weighted by molar-refractivity contribution is 6.30. The summed E-state index contributed by atoms with van der Waals surface area (Å²) >= 11 is 5.92. The van der Waals surface area contributed by atoms with Crippen molar-refractivity contribution in [2.24, 2.45) is 0 Å². The van der Waals surface area contributed by atoms with Crippen LogP contribution in [0.2, 0.25) is 5.02 Å². The molecule has 1 heterocycles. The van der Waals surface area contributed by atoms with Crippen LogP contribution >= 0.6 is 11.6 Å². The molecule has 1 N–H and O–H groups in total. The number of amides is 1. The second-order valence-corrected chi connectivity index (χ2v) is 6.74. The van der Waals surface area contributed by atoms with Crippen molar-refractivity contribution in [3.63, 3.8) is 0 Å². The topological polar surface area (TPSA) is 73.2 Å². The van der Waals surface area contributed by atoms with Gasteiger partial charge in [-0.1, -0.05) is 23.7 Å². The molecular formula is C21H20ClN3O3. The van der Waals surface area contributed by atoms with E-state index in [4.69, 9.17) is 16.3 Å². The van der Waals surface area contributed by atoms with Crippen molar-refractivity contribution in [1.82, 2.24) is 9.78 Å². The summed E-state index contributed by atoms with van der Waals surface area (Å²) in [5.41, 5.74) is 2.20. The van der Waals surface area contributed by atoms with E-state index in [1.807, 2.05) is 24.3 Å². The molecule has 1 aromatic heterocycles. The zero-order valence-corrected chi connectivity index (χ0v) is 16.4. The summed E-state index contributed by atoms with van der Waals surface area (Å²) < 4.78 is 7.01. The lowest BCUT2D eigenvalue weighted by Gasteiger charge is -2.12. The predicted molar refractivity (Wildman–Crippen MR) is 108 cm³/mol. The summed E-state index contributed by atoms with van der Waals surface area (Å²) in [5, 5.41) is 7.80. The highest BCUT2D eigenvalue weighted by atomic mass is 35.5. The maximum Gasteiger partial charge on any atom is 0.230 e. The van der Waals surface area contributed by atoms with Gasteiger partial charge in [0.15, 0.2) is 5.78 Å². The lowest BCUT2D eigenvalue weighted by molar-refractivity contribution is -0.115. The number of carbonyl (C=O) groups excluding carboxylic acids is 2. The Hall–Kier alpha value is -3.12. The van der Waals surface area contributed by atoms with Crippen molar-refractivity contribution in [2.45, 2.75) is 19.9 Å². The van der Waals surface area contributed by atoms with Crippen LogP contribution in [0.15, 0.2) is 54.7 Å². The van der Waals surface area contributed by atoms with Gasteiger partial charge in [-0.2, -0.15) is 5.10 Å². The number of hydrogen-bond donors (Lipinski definition) is 1. The molecule has 0 spiro atoms. The number of methoxy groups -OCH3 is 1. The molecule has 0 unspecified atom stereocenters. The third kappa shape index (κ3) is 4.78. The summed E-state index contributed by atoms with van der Waals surface area (Å²) in [4.78, 5) is 24.2. The summed E-state index contributed by atoms with van der Waals surface area (Å²) in [6, 6.07) is 14.2. The number of nitrogens with zero attached hydrogens (tertiary/aromatic N) is 2. The molecule has 0 aliphatic rings. The number of carbonyl (C=O) groups is 2. The molecule has 3 aromatic rings. The highest BCUT2D eigenvalue weighted by Gasteiger charge is 2.13. The van der Waals surface area contributed by atoms with Gasteiger partial charge >= 0.3 is 0 Å². The van der Waals surface area contributed by atoms with Crippen molar-refractivity contribution in [3.8, 4) is 5.75 Å². The molecular weight excluding hydrogens is 378 g/mol. The van der Waals surface area contributed by atoms with Crippen molar-refractivity contribution < 1.29 is 14.3 Å². The Morgan fingerprint density at radius 3 is 2.57 bits per heavy atom. The van der Waals surface area contributed by atoms with E-state index in [1.165, 1.54) is 14.0 Å². The average Bonchev–Trinajstić information content (AvgIpc) is 3.10. The van der Waals surface area contributed by atoms with Crippen LogP contribution in [0.25, 0.3) is 0 Å². The fraction of sp³-hybridized carbons (Fsp3) is 0.190. The molecule has 6 nitrogen and oxygen atoms in total. The first-order chi connectivity index (χ1) is 13.5. The molecule has 0 bridgehead atoms. The summed E-state index contributed by atoms with van der Waals surface area (Å²) in [7, 11) is 1.53. The molecule has 0 atom stereocenters. The smallest absolute Gasteiger partial charge is 0.230 e. The van der Waals surface area contributed by atoms with E-state index in [0.717, 1.165) is 5.56 Å². The molecule has 0 saturated heterocycles. The van der Waals surface area contributed by atoms with Gasteiger partial charge in [0.25, 0.3) is 0 Å². The van der Waals surface area contributed by atoms with Crippen LogP contribution in [0.5, 0.6) is 5.75 Å². The lowest BCUT2D eigenvalue weighted by atomic mass is 10.0. The minimum atomic E-state index is -0.225. The molecule has 28 heavy (non-hydrogen) atoms. The van der Waals surface area contributed by atoms with E-state index in [-0.39, 0.29) is 18.1 Å². The van der Waals surface area contributed by atoms with E-state index < -0.39 is 0 Å². The largest absolute Gasteiger partial charge is 0.496 e. The van der Waals surface area contributed by atoms with Gasteiger partial charge in [0, 0.05) is 22.2 Å². The highest BCUT2D eigenvalue weighted by Crippen LogP contribution is 2.21. The van der Waals surface area contributed by atoms with Crippen molar-refractivity contribution in [1.29, 1.82) is 0 Å². The fourth-order valence-corrected chi connectivity index (χ4v) is 2.95. The molecule has 0 saturated carbocycles. The Bertz CT molecular complexity index is 996. The lowest BCUT2D eigenvalue weighted by Crippen LogP contribution is -2.18. The molecule has 0 aliphatic carbocycles. The number of hydrogen-bond acceptors (Lipinski definition) is 4. The number of halogens is 1. The Labute approximate surface area is 168 Å². The normalized spacial score (nSPS) is 10.5. The van der Waals surface area contributed by atoms with Crippen LogP contribution in [-0.4, -0.2) is 28.6 Å². The first-order valence-corrected chi connectivity index (χ1v) is 9.08. The van der Waals surface area contributed by atoms with Crippen molar-refractivity contribution in [3.05, 3.63) is 76.4 Å². The second-order valence-electron chi connectivity index (χ2n) is 6.31. The number of aromatic nitrogens is 2. The number of ether oxygens (including phenoxy) is 1. The van der Waals surface area contributed by atoms with Crippen LogP contribution in [0.1, 0.15) is 28.4 Å². The summed E-state index contributed by atoms with van der Waals surface area (Å²) in [5.74, 6) is 0.860. The monoisotopic (exact) mass is 397 g/mol. The van der Waals surface area contributed by atoms with Gasteiger partial charge in [0.05, 0.1) is 26.3 Å². The third-order valence-corrected chi connectivity index (χ3v) is 4.52. The van der Waals surface area contributed by atoms with Gasteiger partial charge in [-0.3, -0.25) is 9.59 Å². The number of Topliss-reactive ketones (excluding diaryl/α,β-unsaturated/α-hetero) is 1. The van der Waals surface area contributed by atoms with Crippen molar-refractivity contribution >= 4 is 29.1 Å². The maximum atomic E-state index is 12.6. The van der Waals surface area contributed by atoms with Crippen LogP contribution in [-0.2, 0) is 17.8 Å². The Kier molecular flexibility index (Phi) is 6.11. The molecule has 7 heteroatoms. The first kappa shape index (κ1) is 19.6. The number of anilines is 1. The summed E-state index contributed by atoms with van der Waals surface area (Å²) in [6.07, 6.45) is 1.71. The Morgan fingerprint density at radius 2 is 1.89 bits per heavy atom. The quantitative estimate of drug-likeness (QED) is 0.612. The molecule has 2 aromatic carbocycles. The van der Waals surface area contributed by atoms with Crippen LogP contribution in [0, 0.1) is 0 Å². The number of ketones is 1. The average molecular weight is 398 g/mol. The van der Waals surface area contributed by atoms with E-state index >= 15 is 0 Å². The predicted octanol–water partition coefficient (Wildman–Crippen LogP) is 3.98. The molecule has 144 valence electrons. The van der Waals surface area contributed by atoms with E-state index in [9.17, 15) is 9.59 Å². The van der Waals surface area contributed by atoms with Gasteiger partial charge < -0.3 is 10.1 Å². The van der Waals surface area contributed by atoms with Gasteiger partial charge in [-0.05, 0) is 42.8 Å². The number of benzene rings is 2. The molecule has 0 fully saturated rings. The maximum absolute atomic E-state index is 12.6. The minimum Gasteiger partial charge on any atom is -0.496 e. The Morgan fingerprint density at radius 1 is 1.14 bits per heavy atom. The number of rotatable bonds is 7. The molecule has 3 rings (SSSR count). The Balaban J connectivity index is 1.72. The SMILES string of the molecule is COc1ccc(C(C)=O)cc1CC(=O)Nc1ccnn1Cc1ccc(Cl)cc1. The van der Waals surface area contributed by atoms with Gasteiger partial charge in [-0.15, -0.1) is 0 Å². The zero-order chi connectivity index (χ0) is 20.1. The van der Waals surface area contributed by atoms with E-state index in [0.29, 0.717) is 34.3 Å². The summed E-state index contributed by atoms with van der Waals surface area (Å²) in [6.45, 7) is 1.99. The first-order valence-electron chi connectivity index (χ1n) is 8.70.